The van der Waals surface area contributed by atoms with E-state index in [9.17, 15) is 0 Å². The molecule has 0 aromatic heterocycles. The number of hydrogen-bond donors (Lipinski definition) is 0. The molecule has 4 fully saturated rings. The highest BCUT2D eigenvalue weighted by atomic mass is 16.5. The fraction of sp³-hybridized carbons (Fsp3) is 0.760. The van der Waals surface area contributed by atoms with Crippen molar-refractivity contribution in [1.29, 1.82) is 0 Å². The first-order valence-corrected chi connectivity index (χ1v) is 11.4. The quantitative estimate of drug-likeness (QED) is 0.666. The molecule has 1 heterocycles. The van der Waals surface area contributed by atoms with E-state index in [0.717, 1.165) is 42.8 Å². The Kier molecular flexibility index (Phi) is 4.84. The molecule has 3 saturated carbocycles. The zero-order valence-electron chi connectivity index (χ0n) is 17.1. The molecule has 5 rings (SSSR count). The number of ether oxygens (including phenoxy) is 2. The Bertz CT molecular complexity index is 643. The number of fused-ring (bicyclic) bond motifs is 5. The molecule has 2 heteroatoms. The van der Waals surface area contributed by atoms with Crippen molar-refractivity contribution in [3.05, 3.63) is 35.9 Å². The highest BCUT2D eigenvalue weighted by Crippen LogP contribution is 2.61. The molecule has 0 N–H and O–H groups in total. The van der Waals surface area contributed by atoms with Crippen LogP contribution < -0.4 is 0 Å². The van der Waals surface area contributed by atoms with Gasteiger partial charge in [0, 0.05) is 0 Å². The molecule has 27 heavy (non-hydrogen) atoms. The molecular weight excluding hydrogens is 332 g/mol. The fourth-order valence-electron chi connectivity index (χ4n) is 7.35. The van der Waals surface area contributed by atoms with Gasteiger partial charge in [0.15, 0.2) is 0 Å². The SMILES string of the molecule is C[C@H]1CC[C@@H]2[C@H]3CC[C@]4(C)[C@@H](OCc5ccccc5)CC[C@H]4[C@@H]3CO[C@H]2C1. The highest BCUT2D eigenvalue weighted by Gasteiger charge is 2.57. The first-order valence-electron chi connectivity index (χ1n) is 11.4. The van der Waals surface area contributed by atoms with Crippen LogP contribution in [-0.4, -0.2) is 18.8 Å². The van der Waals surface area contributed by atoms with Gasteiger partial charge in [-0.2, -0.15) is 0 Å². The van der Waals surface area contributed by atoms with Gasteiger partial charge < -0.3 is 9.47 Å². The van der Waals surface area contributed by atoms with Crippen molar-refractivity contribution in [1.82, 2.24) is 0 Å². The normalized spacial score (nSPS) is 46.4. The van der Waals surface area contributed by atoms with Crippen molar-refractivity contribution in [2.45, 2.75) is 77.6 Å². The van der Waals surface area contributed by atoms with E-state index in [4.69, 9.17) is 9.47 Å². The third-order valence-electron chi connectivity index (χ3n) is 8.86. The predicted molar refractivity (Wildman–Crippen MR) is 108 cm³/mol. The summed E-state index contributed by atoms with van der Waals surface area (Å²) in [7, 11) is 0. The molecule has 148 valence electrons. The maximum atomic E-state index is 6.52. The van der Waals surface area contributed by atoms with Crippen molar-refractivity contribution < 1.29 is 9.47 Å². The Labute approximate surface area is 165 Å². The lowest BCUT2D eigenvalue weighted by Gasteiger charge is -2.55. The highest BCUT2D eigenvalue weighted by molar-refractivity contribution is 5.14. The standard InChI is InChI=1S/C25H36O2/c1-17-8-9-20-19-12-13-25(2)22(21(19)16-26-23(20)14-17)10-11-24(25)27-15-18-6-4-3-5-7-18/h3-7,17,19-24H,8-16H2,1-2H3/t17-,19+,20+,21+,22-,23-,24-,25-/m0/s1. The Morgan fingerprint density at radius 1 is 1.00 bits per heavy atom. The van der Waals surface area contributed by atoms with Crippen molar-refractivity contribution >= 4 is 0 Å². The summed E-state index contributed by atoms with van der Waals surface area (Å²) in [5, 5.41) is 0. The van der Waals surface area contributed by atoms with Crippen LogP contribution in [0.15, 0.2) is 30.3 Å². The van der Waals surface area contributed by atoms with Gasteiger partial charge in [0.2, 0.25) is 0 Å². The number of hydrogen-bond acceptors (Lipinski definition) is 2. The first-order chi connectivity index (χ1) is 13.1. The van der Waals surface area contributed by atoms with E-state index in [2.05, 4.69) is 44.2 Å². The van der Waals surface area contributed by atoms with Crippen LogP contribution in [0.1, 0.15) is 64.4 Å². The van der Waals surface area contributed by atoms with Crippen LogP contribution >= 0.6 is 0 Å². The number of benzene rings is 1. The monoisotopic (exact) mass is 368 g/mol. The summed E-state index contributed by atoms with van der Waals surface area (Å²) in [5.74, 6) is 4.20. The summed E-state index contributed by atoms with van der Waals surface area (Å²) < 4.78 is 13.0. The van der Waals surface area contributed by atoms with Gasteiger partial charge in [-0.25, -0.2) is 0 Å². The fourth-order valence-corrected chi connectivity index (χ4v) is 7.35. The Morgan fingerprint density at radius 2 is 1.85 bits per heavy atom. The molecule has 4 aliphatic rings. The van der Waals surface area contributed by atoms with Gasteiger partial charge in [0.25, 0.3) is 0 Å². The lowest BCUT2D eigenvalue weighted by atomic mass is 9.54. The van der Waals surface area contributed by atoms with Crippen LogP contribution in [0.2, 0.25) is 0 Å². The molecule has 3 aliphatic carbocycles. The minimum absolute atomic E-state index is 0.355. The van der Waals surface area contributed by atoms with Crippen LogP contribution in [0, 0.1) is 35.0 Å². The van der Waals surface area contributed by atoms with E-state index >= 15 is 0 Å². The third-order valence-corrected chi connectivity index (χ3v) is 8.86. The van der Waals surface area contributed by atoms with Crippen LogP contribution in [-0.2, 0) is 16.1 Å². The first kappa shape index (κ1) is 18.2. The summed E-state index contributed by atoms with van der Waals surface area (Å²) in [6.07, 6.45) is 10.5. The lowest BCUT2D eigenvalue weighted by Crippen LogP contribution is -2.53. The lowest BCUT2D eigenvalue weighted by molar-refractivity contribution is -0.171. The minimum atomic E-state index is 0.355. The largest absolute Gasteiger partial charge is 0.378 e. The molecule has 1 aliphatic heterocycles. The molecule has 1 aromatic carbocycles. The van der Waals surface area contributed by atoms with E-state index in [-0.39, 0.29) is 0 Å². The van der Waals surface area contributed by atoms with Crippen molar-refractivity contribution in [2.75, 3.05) is 6.61 Å². The molecule has 0 spiro atoms. The summed E-state index contributed by atoms with van der Waals surface area (Å²) in [6, 6.07) is 10.7. The second-order valence-corrected chi connectivity index (χ2v) is 10.3. The molecular formula is C25H36O2. The molecule has 0 amide bonds. The zero-order valence-corrected chi connectivity index (χ0v) is 17.1. The molecule has 0 radical (unpaired) electrons. The molecule has 0 unspecified atom stereocenters. The van der Waals surface area contributed by atoms with Crippen molar-refractivity contribution in [3.63, 3.8) is 0 Å². The van der Waals surface area contributed by atoms with E-state index in [0.29, 0.717) is 17.6 Å². The third kappa shape index (κ3) is 3.17. The molecule has 1 aromatic rings. The summed E-state index contributed by atoms with van der Waals surface area (Å²) >= 11 is 0. The van der Waals surface area contributed by atoms with Crippen LogP contribution in [0.3, 0.4) is 0 Å². The van der Waals surface area contributed by atoms with Gasteiger partial charge in [-0.1, -0.05) is 50.6 Å². The van der Waals surface area contributed by atoms with Crippen LogP contribution in [0.5, 0.6) is 0 Å². The van der Waals surface area contributed by atoms with Gasteiger partial charge in [-0.05, 0) is 79.1 Å². The van der Waals surface area contributed by atoms with Crippen molar-refractivity contribution in [2.24, 2.45) is 35.0 Å². The smallest absolute Gasteiger partial charge is 0.0720 e. The van der Waals surface area contributed by atoms with E-state index in [1.165, 1.54) is 50.5 Å². The summed E-state index contributed by atoms with van der Waals surface area (Å²) in [5.41, 5.74) is 1.66. The molecule has 2 nitrogen and oxygen atoms in total. The minimum Gasteiger partial charge on any atom is -0.378 e. The molecule has 1 saturated heterocycles. The zero-order chi connectivity index (χ0) is 18.4. The van der Waals surface area contributed by atoms with Gasteiger partial charge in [0.1, 0.15) is 0 Å². The maximum Gasteiger partial charge on any atom is 0.0720 e. The van der Waals surface area contributed by atoms with Gasteiger partial charge >= 0.3 is 0 Å². The Morgan fingerprint density at radius 3 is 2.70 bits per heavy atom. The topological polar surface area (TPSA) is 18.5 Å². The predicted octanol–water partition coefficient (Wildman–Crippen LogP) is 5.85. The van der Waals surface area contributed by atoms with Gasteiger partial charge in [-0.3, -0.25) is 0 Å². The average Bonchev–Trinajstić information content (AvgIpc) is 3.03. The summed E-state index contributed by atoms with van der Waals surface area (Å²) in [4.78, 5) is 0. The van der Waals surface area contributed by atoms with Gasteiger partial charge in [0.05, 0.1) is 25.4 Å². The molecule has 0 bridgehead atoms. The van der Waals surface area contributed by atoms with Crippen LogP contribution in [0.25, 0.3) is 0 Å². The van der Waals surface area contributed by atoms with E-state index < -0.39 is 0 Å². The molecule has 8 atom stereocenters. The second-order valence-electron chi connectivity index (χ2n) is 10.3. The Hall–Kier alpha value is -0.860. The summed E-state index contributed by atoms with van der Waals surface area (Å²) in [6.45, 7) is 6.73. The maximum absolute atomic E-state index is 6.52. The second kappa shape index (κ2) is 7.19. The Balaban J connectivity index is 1.28. The van der Waals surface area contributed by atoms with E-state index in [1.54, 1.807) is 0 Å². The number of rotatable bonds is 3. The van der Waals surface area contributed by atoms with E-state index in [1.807, 2.05) is 0 Å². The van der Waals surface area contributed by atoms with Crippen LogP contribution in [0.4, 0.5) is 0 Å². The van der Waals surface area contributed by atoms with Gasteiger partial charge in [-0.15, -0.1) is 0 Å². The van der Waals surface area contributed by atoms with Crippen molar-refractivity contribution in [3.8, 4) is 0 Å². The average molecular weight is 369 g/mol.